The van der Waals surface area contributed by atoms with Crippen molar-refractivity contribution in [3.63, 3.8) is 0 Å². The number of hydrogen-bond donors (Lipinski definition) is 1. The molecule has 1 amide bonds. The Kier molecular flexibility index (Phi) is 2.39. The van der Waals surface area contributed by atoms with Crippen LogP contribution in [0, 0.1) is 0 Å². The number of nitrogens with two attached hydrogens (primary N) is 1. The third-order valence-corrected chi connectivity index (χ3v) is 3.11. The molecule has 0 atom stereocenters. The van der Waals surface area contributed by atoms with E-state index in [-0.39, 0.29) is 12.3 Å². The molecule has 2 N–H and O–H groups in total. The fourth-order valence-corrected chi connectivity index (χ4v) is 2.27. The van der Waals surface area contributed by atoms with Gasteiger partial charge in [-0.3, -0.25) is 4.79 Å². The molecule has 0 bridgehead atoms. The summed E-state index contributed by atoms with van der Waals surface area (Å²) in [5.41, 5.74) is 6.88. The maximum Gasteiger partial charge on any atom is 0.223 e. The number of ether oxygens (including phenoxy) is 1. The van der Waals surface area contributed by atoms with Gasteiger partial charge in [0.25, 0.3) is 0 Å². The summed E-state index contributed by atoms with van der Waals surface area (Å²) < 4.78 is 9.54. The Labute approximate surface area is 85.6 Å². The van der Waals surface area contributed by atoms with E-state index in [0.29, 0.717) is 13.3 Å². The van der Waals surface area contributed by atoms with Gasteiger partial charge in [0, 0.05) is 12.6 Å². The minimum atomic E-state index is -0.355. The number of fused-ring (bicyclic) bond motifs is 1. The molecule has 5 nitrogen and oxygen atoms in total. The van der Waals surface area contributed by atoms with Gasteiger partial charge in [0.15, 0.2) is 0 Å². The van der Waals surface area contributed by atoms with E-state index in [2.05, 4.69) is 4.37 Å². The van der Waals surface area contributed by atoms with Crippen LogP contribution in [0.15, 0.2) is 0 Å². The van der Waals surface area contributed by atoms with Gasteiger partial charge in [-0.05, 0) is 11.5 Å². The molecule has 6 heteroatoms. The van der Waals surface area contributed by atoms with Crippen LogP contribution < -0.4 is 10.6 Å². The molecule has 0 aromatic carbocycles. The number of nitrogens with zero attached hydrogens (tertiary/aromatic N) is 2. The first-order chi connectivity index (χ1) is 6.68. The lowest BCUT2D eigenvalue weighted by Crippen LogP contribution is -2.26. The van der Waals surface area contributed by atoms with Crippen molar-refractivity contribution in [2.45, 2.75) is 13.0 Å². The van der Waals surface area contributed by atoms with Crippen LogP contribution in [0.4, 0.5) is 5.00 Å². The predicted molar refractivity (Wildman–Crippen MR) is 53.1 cm³/mol. The summed E-state index contributed by atoms with van der Waals surface area (Å²) >= 11 is 1.39. The van der Waals surface area contributed by atoms with E-state index in [1.807, 2.05) is 11.9 Å². The molecule has 0 spiro atoms. The molecular weight excluding hydrogens is 202 g/mol. The predicted octanol–water partition coefficient (Wildman–Crippen LogP) is 0.0948. The number of aromatic nitrogens is 1. The first kappa shape index (κ1) is 9.42. The van der Waals surface area contributed by atoms with Crippen LogP contribution in [0.1, 0.15) is 11.3 Å². The largest absolute Gasteiger partial charge is 0.369 e. The maximum atomic E-state index is 10.8. The lowest BCUT2D eigenvalue weighted by Gasteiger charge is -2.23. The van der Waals surface area contributed by atoms with Crippen LogP contribution in [-0.4, -0.2) is 24.1 Å². The van der Waals surface area contributed by atoms with Gasteiger partial charge in [0.1, 0.15) is 11.7 Å². The van der Waals surface area contributed by atoms with Crippen LogP contribution in [-0.2, 0) is 22.6 Å². The summed E-state index contributed by atoms with van der Waals surface area (Å²) in [5.74, 6) is -0.355. The van der Waals surface area contributed by atoms with Crippen LogP contribution in [0.5, 0.6) is 0 Å². The molecule has 14 heavy (non-hydrogen) atoms. The Hall–Kier alpha value is -1.14. The van der Waals surface area contributed by atoms with Crippen molar-refractivity contribution in [2.24, 2.45) is 5.73 Å². The average molecular weight is 213 g/mol. The number of anilines is 1. The van der Waals surface area contributed by atoms with Gasteiger partial charge in [-0.15, -0.1) is 0 Å². The van der Waals surface area contributed by atoms with Crippen molar-refractivity contribution in [3.05, 3.63) is 11.3 Å². The molecule has 2 heterocycles. The van der Waals surface area contributed by atoms with Gasteiger partial charge in [-0.25, -0.2) is 0 Å². The van der Waals surface area contributed by atoms with E-state index in [1.165, 1.54) is 11.5 Å². The fourth-order valence-electron chi connectivity index (χ4n) is 1.42. The highest BCUT2D eigenvalue weighted by Crippen LogP contribution is 2.31. The molecule has 76 valence electrons. The first-order valence-electron chi connectivity index (χ1n) is 4.23. The SMILES string of the molecule is CN1COCc2c(CC(N)=O)nsc21. The summed E-state index contributed by atoms with van der Waals surface area (Å²) in [6, 6.07) is 0. The zero-order chi connectivity index (χ0) is 10.1. The number of carbonyl (C=O) groups excluding carboxylic acids is 1. The van der Waals surface area contributed by atoms with Gasteiger partial charge >= 0.3 is 0 Å². The number of carbonyl (C=O) groups is 1. The third kappa shape index (κ3) is 1.58. The summed E-state index contributed by atoms with van der Waals surface area (Å²) in [4.78, 5) is 12.7. The summed E-state index contributed by atoms with van der Waals surface area (Å²) in [5, 5.41) is 1.08. The molecule has 1 aliphatic rings. The summed E-state index contributed by atoms with van der Waals surface area (Å²) in [6.45, 7) is 1.10. The second-order valence-electron chi connectivity index (χ2n) is 3.23. The van der Waals surface area contributed by atoms with Crippen molar-refractivity contribution in [1.29, 1.82) is 0 Å². The number of amides is 1. The van der Waals surface area contributed by atoms with E-state index in [0.717, 1.165) is 16.3 Å². The average Bonchev–Trinajstić information content (AvgIpc) is 2.49. The van der Waals surface area contributed by atoms with Crippen molar-refractivity contribution in [2.75, 3.05) is 18.7 Å². The Morgan fingerprint density at radius 1 is 1.79 bits per heavy atom. The maximum absolute atomic E-state index is 10.8. The monoisotopic (exact) mass is 213 g/mol. The van der Waals surface area contributed by atoms with E-state index < -0.39 is 0 Å². The van der Waals surface area contributed by atoms with E-state index >= 15 is 0 Å². The molecule has 1 aromatic rings. The molecule has 0 radical (unpaired) electrons. The van der Waals surface area contributed by atoms with Crippen molar-refractivity contribution < 1.29 is 9.53 Å². The normalized spacial score (nSPS) is 15.4. The molecule has 0 saturated carbocycles. The second kappa shape index (κ2) is 3.55. The Balaban J connectivity index is 2.31. The Morgan fingerprint density at radius 2 is 2.57 bits per heavy atom. The fraction of sp³-hybridized carbons (Fsp3) is 0.500. The standard InChI is InChI=1S/C8H11N3O2S/c1-11-4-13-3-5-6(2-7(9)12)10-14-8(5)11/h2-4H2,1H3,(H2,9,12). The number of primary amides is 1. The second-order valence-corrected chi connectivity index (χ2v) is 3.98. The van der Waals surface area contributed by atoms with Crippen LogP contribution in [0.25, 0.3) is 0 Å². The summed E-state index contributed by atoms with van der Waals surface area (Å²) in [7, 11) is 1.93. The van der Waals surface area contributed by atoms with Crippen molar-refractivity contribution >= 4 is 22.4 Å². The van der Waals surface area contributed by atoms with Gasteiger partial charge < -0.3 is 15.4 Å². The highest BCUT2D eigenvalue weighted by atomic mass is 32.1. The highest BCUT2D eigenvalue weighted by molar-refractivity contribution is 7.10. The molecule has 0 aliphatic carbocycles. The third-order valence-electron chi connectivity index (χ3n) is 2.07. The lowest BCUT2D eigenvalue weighted by atomic mass is 10.2. The minimum absolute atomic E-state index is 0.197. The molecular formula is C8H11N3O2S. The number of rotatable bonds is 2. The molecule has 2 rings (SSSR count). The molecule has 0 saturated heterocycles. The molecule has 0 fully saturated rings. The van der Waals surface area contributed by atoms with Crippen LogP contribution in [0.2, 0.25) is 0 Å². The van der Waals surface area contributed by atoms with Crippen LogP contribution in [0.3, 0.4) is 0 Å². The van der Waals surface area contributed by atoms with Gasteiger partial charge in [-0.2, -0.15) is 4.37 Å². The zero-order valence-corrected chi connectivity index (χ0v) is 8.63. The molecule has 0 unspecified atom stereocenters. The Bertz CT molecular complexity index is 363. The highest BCUT2D eigenvalue weighted by Gasteiger charge is 2.21. The van der Waals surface area contributed by atoms with E-state index in [9.17, 15) is 4.79 Å². The van der Waals surface area contributed by atoms with Gasteiger partial charge in [0.05, 0.1) is 18.7 Å². The minimum Gasteiger partial charge on any atom is -0.369 e. The van der Waals surface area contributed by atoms with E-state index in [1.54, 1.807) is 0 Å². The van der Waals surface area contributed by atoms with Crippen LogP contribution >= 0.6 is 11.5 Å². The topological polar surface area (TPSA) is 68.5 Å². The van der Waals surface area contributed by atoms with Gasteiger partial charge in [-0.1, -0.05) is 0 Å². The molecule has 1 aromatic heterocycles. The smallest absolute Gasteiger partial charge is 0.223 e. The van der Waals surface area contributed by atoms with Gasteiger partial charge in [0.2, 0.25) is 5.91 Å². The lowest BCUT2D eigenvalue weighted by molar-refractivity contribution is -0.117. The van der Waals surface area contributed by atoms with E-state index in [4.69, 9.17) is 10.5 Å². The quantitative estimate of drug-likeness (QED) is 0.756. The zero-order valence-electron chi connectivity index (χ0n) is 7.82. The summed E-state index contributed by atoms with van der Waals surface area (Å²) in [6.07, 6.45) is 0.197. The first-order valence-corrected chi connectivity index (χ1v) is 5.00. The Morgan fingerprint density at radius 3 is 3.29 bits per heavy atom. The molecule has 1 aliphatic heterocycles. The van der Waals surface area contributed by atoms with Crippen molar-refractivity contribution in [3.8, 4) is 0 Å². The van der Waals surface area contributed by atoms with Crippen molar-refractivity contribution in [1.82, 2.24) is 4.37 Å². The number of hydrogen-bond acceptors (Lipinski definition) is 5.